The van der Waals surface area contributed by atoms with E-state index in [9.17, 15) is 14.0 Å². The molecule has 1 aromatic carbocycles. The summed E-state index contributed by atoms with van der Waals surface area (Å²) in [4.78, 5) is 23.9. The molecule has 0 unspecified atom stereocenters. The minimum atomic E-state index is -0.533. The van der Waals surface area contributed by atoms with E-state index in [0.29, 0.717) is 0 Å². The lowest BCUT2D eigenvalue weighted by atomic mass is 10.3. The third-order valence-electron chi connectivity index (χ3n) is 2.13. The monoisotopic (exact) mass is 254 g/mol. The number of hydrogen-bond donors (Lipinski definition) is 1. The van der Waals surface area contributed by atoms with Crippen LogP contribution in [0.25, 0.3) is 0 Å². The van der Waals surface area contributed by atoms with Crippen molar-refractivity contribution in [3.8, 4) is 5.75 Å². The van der Waals surface area contributed by atoms with Crippen molar-refractivity contribution in [2.75, 3.05) is 27.2 Å². The van der Waals surface area contributed by atoms with Gasteiger partial charge in [0, 0.05) is 14.1 Å². The summed E-state index contributed by atoms with van der Waals surface area (Å²) < 4.78 is 18.1. The van der Waals surface area contributed by atoms with E-state index in [1.54, 1.807) is 20.2 Å². The van der Waals surface area contributed by atoms with Crippen molar-refractivity contribution in [1.29, 1.82) is 0 Å². The van der Waals surface area contributed by atoms with Gasteiger partial charge in [-0.2, -0.15) is 0 Å². The van der Waals surface area contributed by atoms with Crippen LogP contribution in [0.4, 0.5) is 4.39 Å². The van der Waals surface area contributed by atoms with Gasteiger partial charge in [0.1, 0.15) is 0 Å². The van der Waals surface area contributed by atoms with Crippen LogP contribution in [0, 0.1) is 5.82 Å². The van der Waals surface area contributed by atoms with Crippen molar-refractivity contribution < 1.29 is 18.7 Å². The molecule has 0 aliphatic rings. The smallest absolute Gasteiger partial charge is 0.258 e. The molecule has 6 heteroatoms. The summed E-state index contributed by atoms with van der Waals surface area (Å²) in [6.07, 6.45) is 0. The molecule has 18 heavy (non-hydrogen) atoms. The van der Waals surface area contributed by atoms with Gasteiger partial charge in [0.25, 0.3) is 5.91 Å². The van der Waals surface area contributed by atoms with E-state index in [2.05, 4.69) is 5.32 Å². The third kappa shape index (κ3) is 4.40. The molecule has 0 aliphatic heterocycles. The summed E-state index contributed by atoms with van der Waals surface area (Å²) in [6, 6.07) is 5.79. The average molecular weight is 254 g/mol. The third-order valence-corrected chi connectivity index (χ3v) is 2.13. The molecule has 0 spiro atoms. The number of carbonyl (C=O) groups is 2. The van der Waals surface area contributed by atoms with E-state index >= 15 is 0 Å². The Morgan fingerprint density at radius 3 is 2.61 bits per heavy atom. The number of hydrogen-bond acceptors (Lipinski definition) is 3. The van der Waals surface area contributed by atoms with Crippen molar-refractivity contribution in [2.24, 2.45) is 0 Å². The fourth-order valence-corrected chi connectivity index (χ4v) is 1.09. The average Bonchev–Trinajstić information content (AvgIpc) is 2.34. The number of nitrogens with zero attached hydrogens (tertiary/aromatic N) is 1. The number of para-hydroxylation sites is 1. The first-order valence-corrected chi connectivity index (χ1v) is 5.35. The molecular formula is C12H15FN2O3. The van der Waals surface area contributed by atoms with E-state index in [4.69, 9.17) is 4.74 Å². The van der Waals surface area contributed by atoms with Gasteiger partial charge in [0.2, 0.25) is 5.91 Å². The summed E-state index contributed by atoms with van der Waals surface area (Å²) >= 11 is 0. The Balaban J connectivity index is 2.34. The molecule has 0 saturated carbocycles. The van der Waals surface area contributed by atoms with Gasteiger partial charge in [0.15, 0.2) is 18.2 Å². The Labute approximate surface area is 105 Å². The number of ether oxygens (including phenoxy) is 1. The summed E-state index contributed by atoms with van der Waals surface area (Å²) in [5.41, 5.74) is 0. The Kier molecular flexibility index (Phi) is 5.10. The highest BCUT2D eigenvalue weighted by molar-refractivity contribution is 5.85. The molecule has 0 atom stereocenters. The quantitative estimate of drug-likeness (QED) is 0.828. The summed E-state index contributed by atoms with van der Waals surface area (Å²) in [6.45, 7) is -0.436. The number of amides is 2. The standard InChI is InChI=1S/C12H15FN2O3/c1-15(2)12(17)7-14-11(16)8-18-10-6-4-3-5-9(10)13/h3-6H,7-8H2,1-2H3,(H,14,16). The van der Waals surface area contributed by atoms with Crippen molar-refractivity contribution >= 4 is 11.8 Å². The predicted molar refractivity (Wildman–Crippen MR) is 63.6 cm³/mol. The fraction of sp³-hybridized carbons (Fsp3) is 0.333. The van der Waals surface area contributed by atoms with Crippen LogP contribution >= 0.6 is 0 Å². The Bertz CT molecular complexity index is 435. The first-order chi connectivity index (χ1) is 8.50. The van der Waals surface area contributed by atoms with Crippen LogP contribution in [0.3, 0.4) is 0 Å². The zero-order valence-electron chi connectivity index (χ0n) is 10.3. The van der Waals surface area contributed by atoms with Gasteiger partial charge in [-0.05, 0) is 12.1 Å². The topological polar surface area (TPSA) is 58.6 Å². The van der Waals surface area contributed by atoms with Gasteiger partial charge < -0.3 is 15.0 Å². The van der Waals surface area contributed by atoms with Crippen molar-refractivity contribution in [3.63, 3.8) is 0 Å². The molecule has 98 valence electrons. The highest BCUT2D eigenvalue weighted by atomic mass is 19.1. The van der Waals surface area contributed by atoms with Gasteiger partial charge in [0.05, 0.1) is 6.54 Å². The molecule has 0 saturated heterocycles. The Morgan fingerprint density at radius 2 is 2.00 bits per heavy atom. The maximum absolute atomic E-state index is 13.1. The molecule has 0 aromatic heterocycles. The molecule has 0 heterocycles. The number of nitrogens with one attached hydrogen (secondary N) is 1. The normalized spacial score (nSPS) is 9.72. The van der Waals surface area contributed by atoms with Gasteiger partial charge in [-0.1, -0.05) is 12.1 Å². The van der Waals surface area contributed by atoms with Gasteiger partial charge >= 0.3 is 0 Å². The second-order valence-electron chi connectivity index (χ2n) is 3.78. The highest BCUT2D eigenvalue weighted by Crippen LogP contribution is 2.14. The first kappa shape index (κ1) is 14.0. The van der Waals surface area contributed by atoms with Crippen molar-refractivity contribution in [3.05, 3.63) is 30.1 Å². The van der Waals surface area contributed by atoms with E-state index in [-0.39, 0.29) is 24.8 Å². The fourth-order valence-electron chi connectivity index (χ4n) is 1.09. The summed E-state index contributed by atoms with van der Waals surface area (Å²) in [5, 5.41) is 2.38. The van der Waals surface area contributed by atoms with Crippen LogP contribution < -0.4 is 10.1 Å². The van der Waals surface area contributed by atoms with Crippen molar-refractivity contribution in [1.82, 2.24) is 10.2 Å². The van der Waals surface area contributed by atoms with E-state index in [1.807, 2.05) is 0 Å². The zero-order chi connectivity index (χ0) is 13.5. The maximum Gasteiger partial charge on any atom is 0.258 e. The molecule has 0 bridgehead atoms. The SMILES string of the molecule is CN(C)C(=O)CNC(=O)COc1ccccc1F. The number of rotatable bonds is 5. The first-order valence-electron chi connectivity index (χ1n) is 5.35. The van der Waals surface area contributed by atoms with Gasteiger partial charge in [-0.25, -0.2) is 4.39 Å². The Morgan fingerprint density at radius 1 is 1.33 bits per heavy atom. The molecule has 2 amide bonds. The summed E-state index contributed by atoms with van der Waals surface area (Å²) in [7, 11) is 3.18. The Hall–Kier alpha value is -2.11. The minimum Gasteiger partial charge on any atom is -0.481 e. The molecular weight excluding hydrogens is 239 g/mol. The van der Waals surface area contributed by atoms with Crippen LogP contribution in [0.2, 0.25) is 0 Å². The van der Waals surface area contributed by atoms with Crippen molar-refractivity contribution in [2.45, 2.75) is 0 Å². The zero-order valence-corrected chi connectivity index (χ0v) is 10.3. The van der Waals surface area contributed by atoms with E-state index < -0.39 is 11.7 Å². The molecule has 0 radical (unpaired) electrons. The molecule has 5 nitrogen and oxygen atoms in total. The van der Waals surface area contributed by atoms with Crippen LogP contribution in [0.1, 0.15) is 0 Å². The second-order valence-corrected chi connectivity index (χ2v) is 3.78. The number of carbonyl (C=O) groups excluding carboxylic acids is 2. The van der Waals surface area contributed by atoms with Gasteiger partial charge in [-0.15, -0.1) is 0 Å². The lowest BCUT2D eigenvalue weighted by Crippen LogP contribution is -2.38. The molecule has 1 N–H and O–H groups in total. The highest BCUT2D eigenvalue weighted by Gasteiger charge is 2.08. The lowest BCUT2D eigenvalue weighted by Gasteiger charge is -2.11. The molecule has 1 aromatic rings. The lowest BCUT2D eigenvalue weighted by molar-refractivity contribution is -0.131. The maximum atomic E-state index is 13.1. The summed E-state index contributed by atoms with van der Waals surface area (Å²) in [5.74, 6) is -1.23. The molecule has 0 aliphatic carbocycles. The number of likely N-dealkylation sites (N-methyl/N-ethyl adjacent to an activating group) is 1. The number of halogens is 1. The number of benzene rings is 1. The van der Waals surface area contributed by atoms with Crippen LogP contribution in [0.5, 0.6) is 5.75 Å². The van der Waals surface area contributed by atoms with Gasteiger partial charge in [-0.3, -0.25) is 9.59 Å². The van der Waals surface area contributed by atoms with E-state index in [0.717, 1.165) is 0 Å². The largest absolute Gasteiger partial charge is 0.481 e. The second kappa shape index (κ2) is 6.58. The predicted octanol–water partition coefficient (Wildman–Crippen LogP) is 0.409. The van der Waals surface area contributed by atoms with Crippen LogP contribution in [0.15, 0.2) is 24.3 Å². The molecule has 1 rings (SSSR count). The van der Waals surface area contributed by atoms with Crippen LogP contribution in [-0.2, 0) is 9.59 Å². The minimum absolute atomic E-state index is 0.00610. The van der Waals surface area contributed by atoms with E-state index in [1.165, 1.54) is 23.1 Å². The van der Waals surface area contributed by atoms with Crippen LogP contribution in [-0.4, -0.2) is 44.0 Å². The molecule has 0 fully saturated rings.